The Kier molecular flexibility index (Phi) is 2.86. The lowest BCUT2D eigenvalue weighted by Gasteiger charge is -2.07. The number of carbonyl (C=O) groups is 1. The molecule has 1 aliphatic rings. The molecule has 0 aromatic rings. The second kappa shape index (κ2) is 3.70. The molecule has 0 radical (unpaired) electrons. The van der Waals surface area contributed by atoms with Crippen molar-refractivity contribution in [1.29, 1.82) is 0 Å². The highest BCUT2D eigenvalue weighted by atomic mass is 16.1. The van der Waals surface area contributed by atoms with Crippen LogP contribution in [0.2, 0.25) is 0 Å². The van der Waals surface area contributed by atoms with Crippen molar-refractivity contribution in [1.82, 2.24) is 0 Å². The molecule has 0 saturated carbocycles. The van der Waals surface area contributed by atoms with Gasteiger partial charge >= 0.3 is 0 Å². The fraction of sp³-hybridized carbons (Fsp3) is 0.700. The molecular formula is C10H16O. The predicted octanol–water partition coefficient (Wildman–Crippen LogP) is 2.71. The van der Waals surface area contributed by atoms with Gasteiger partial charge in [0.2, 0.25) is 0 Å². The molecule has 0 aliphatic heterocycles. The maximum Gasteiger partial charge on any atom is 0.133 e. The maximum atomic E-state index is 11.0. The van der Waals surface area contributed by atoms with Crippen LogP contribution in [0.4, 0.5) is 0 Å². The summed E-state index contributed by atoms with van der Waals surface area (Å²) in [6.45, 7) is 4.39. The van der Waals surface area contributed by atoms with Gasteiger partial charge in [0, 0.05) is 12.8 Å². The molecule has 0 N–H and O–H groups in total. The smallest absolute Gasteiger partial charge is 0.133 e. The van der Waals surface area contributed by atoms with Crippen molar-refractivity contribution in [3.8, 4) is 0 Å². The first-order valence-electron chi connectivity index (χ1n) is 4.41. The first kappa shape index (κ1) is 8.51. The molecule has 0 saturated heterocycles. The Labute approximate surface area is 68.5 Å². The Balaban J connectivity index is 2.54. The highest BCUT2D eigenvalue weighted by molar-refractivity contribution is 5.79. The lowest BCUT2D eigenvalue weighted by molar-refractivity contribution is -0.118. The monoisotopic (exact) mass is 152 g/mol. The summed E-state index contributed by atoms with van der Waals surface area (Å²) >= 11 is 0. The van der Waals surface area contributed by atoms with Crippen LogP contribution in [0, 0.1) is 5.92 Å². The Morgan fingerprint density at radius 3 is 2.64 bits per heavy atom. The topological polar surface area (TPSA) is 17.1 Å². The molecule has 1 nitrogen and oxygen atoms in total. The van der Waals surface area contributed by atoms with E-state index in [-0.39, 0.29) is 0 Å². The van der Waals surface area contributed by atoms with E-state index in [0.717, 1.165) is 25.7 Å². The molecule has 0 aromatic heterocycles. The summed E-state index contributed by atoms with van der Waals surface area (Å²) in [5.74, 6) is 1.05. The van der Waals surface area contributed by atoms with E-state index in [1.165, 1.54) is 5.57 Å². The van der Waals surface area contributed by atoms with E-state index in [4.69, 9.17) is 0 Å². The third-order valence-electron chi connectivity index (χ3n) is 2.26. The summed E-state index contributed by atoms with van der Waals surface area (Å²) in [4.78, 5) is 11.0. The van der Waals surface area contributed by atoms with Crippen LogP contribution < -0.4 is 0 Å². The van der Waals surface area contributed by atoms with Crippen molar-refractivity contribution in [2.75, 3.05) is 0 Å². The molecule has 0 bridgehead atoms. The quantitative estimate of drug-likeness (QED) is 0.528. The predicted molar refractivity (Wildman–Crippen MR) is 46.4 cm³/mol. The lowest BCUT2D eigenvalue weighted by Crippen LogP contribution is -1.96. The molecule has 0 amide bonds. The van der Waals surface area contributed by atoms with E-state index in [9.17, 15) is 4.79 Å². The third-order valence-corrected chi connectivity index (χ3v) is 2.26. The number of hydrogen-bond donors (Lipinski definition) is 0. The molecule has 1 rings (SSSR count). The van der Waals surface area contributed by atoms with E-state index in [1.807, 2.05) is 0 Å². The Hall–Kier alpha value is -0.590. The molecule has 62 valence electrons. The molecule has 11 heavy (non-hydrogen) atoms. The average Bonchev–Trinajstić information content (AvgIpc) is 2.13. The normalized spacial score (nSPS) is 19.9. The van der Waals surface area contributed by atoms with Gasteiger partial charge in [-0.05, 0) is 18.8 Å². The molecule has 0 aromatic carbocycles. The largest absolute Gasteiger partial charge is 0.300 e. The van der Waals surface area contributed by atoms with E-state index >= 15 is 0 Å². The van der Waals surface area contributed by atoms with Gasteiger partial charge in [-0.25, -0.2) is 0 Å². The zero-order valence-electron chi connectivity index (χ0n) is 7.39. The number of hydrogen-bond acceptors (Lipinski definition) is 1. The van der Waals surface area contributed by atoms with Crippen molar-refractivity contribution in [3.05, 3.63) is 11.6 Å². The van der Waals surface area contributed by atoms with Gasteiger partial charge in [0.1, 0.15) is 5.78 Å². The molecule has 1 heteroatoms. The molecule has 0 atom stereocenters. The Bertz CT molecular complexity index is 177. The SMILES string of the molecule is CC(C)C1=CCCC(=O)CC1. The summed E-state index contributed by atoms with van der Waals surface area (Å²) in [5.41, 5.74) is 1.47. The fourth-order valence-electron chi connectivity index (χ4n) is 1.45. The first-order chi connectivity index (χ1) is 5.20. The second-order valence-electron chi connectivity index (χ2n) is 3.51. The third kappa shape index (κ3) is 2.49. The summed E-state index contributed by atoms with van der Waals surface area (Å²) in [5, 5.41) is 0. The molecular weight excluding hydrogens is 136 g/mol. The first-order valence-corrected chi connectivity index (χ1v) is 4.41. The van der Waals surface area contributed by atoms with Crippen LogP contribution in [0.25, 0.3) is 0 Å². The van der Waals surface area contributed by atoms with Gasteiger partial charge < -0.3 is 0 Å². The molecule has 0 fully saturated rings. The minimum absolute atomic E-state index is 0.428. The van der Waals surface area contributed by atoms with Gasteiger partial charge in [-0.2, -0.15) is 0 Å². The summed E-state index contributed by atoms with van der Waals surface area (Å²) in [7, 11) is 0. The van der Waals surface area contributed by atoms with Crippen LogP contribution in [0.3, 0.4) is 0 Å². The van der Waals surface area contributed by atoms with Crippen LogP contribution in [-0.4, -0.2) is 5.78 Å². The van der Waals surface area contributed by atoms with E-state index in [1.54, 1.807) is 0 Å². The lowest BCUT2D eigenvalue weighted by atomic mass is 9.99. The summed E-state index contributed by atoms with van der Waals surface area (Å²) in [6, 6.07) is 0. The maximum absolute atomic E-state index is 11.0. The minimum Gasteiger partial charge on any atom is -0.300 e. The summed E-state index contributed by atoms with van der Waals surface area (Å²) < 4.78 is 0. The number of ketones is 1. The standard InChI is InChI=1S/C10H16O/c1-8(2)9-4-3-5-10(11)7-6-9/h4,8H,3,5-7H2,1-2H3. The van der Waals surface area contributed by atoms with E-state index < -0.39 is 0 Å². The van der Waals surface area contributed by atoms with Crippen molar-refractivity contribution in [3.63, 3.8) is 0 Å². The second-order valence-corrected chi connectivity index (χ2v) is 3.51. The van der Waals surface area contributed by atoms with Crippen molar-refractivity contribution in [2.45, 2.75) is 39.5 Å². The van der Waals surface area contributed by atoms with Crippen LogP contribution in [0.5, 0.6) is 0 Å². The van der Waals surface area contributed by atoms with Crippen molar-refractivity contribution < 1.29 is 4.79 Å². The van der Waals surface area contributed by atoms with Crippen LogP contribution in [0.15, 0.2) is 11.6 Å². The molecule has 0 unspecified atom stereocenters. The van der Waals surface area contributed by atoms with Gasteiger partial charge in [-0.3, -0.25) is 4.79 Å². The van der Waals surface area contributed by atoms with Crippen LogP contribution >= 0.6 is 0 Å². The highest BCUT2D eigenvalue weighted by Crippen LogP contribution is 2.21. The van der Waals surface area contributed by atoms with Gasteiger partial charge in [-0.15, -0.1) is 0 Å². The van der Waals surface area contributed by atoms with E-state index in [2.05, 4.69) is 19.9 Å². The van der Waals surface area contributed by atoms with Gasteiger partial charge in [0.15, 0.2) is 0 Å². The fourth-order valence-corrected chi connectivity index (χ4v) is 1.45. The van der Waals surface area contributed by atoms with Gasteiger partial charge in [0.25, 0.3) is 0 Å². The Morgan fingerprint density at radius 2 is 2.00 bits per heavy atom. The summed E-state index contributed by atoms with van der Waals surface area (Å²) in [6.07, 6.45) is 5.73. The Morgan fingerprint density at radius 1 is 1.27 bits per heavy atom. The minimum atomic E-state index is 0.428. The van der Waals surface area contributed by atoms with E-state index in [0.29, 0.717) is 11.7 Å². The zero-order valence-corrected chi connectivity index (χ0v) is 7.39. The van der Waals surface area contributed by atoms with Crippen molar-refractivity contribution >= 4 is 5.78 Å². The number of allylic oxidation sites excluding steroid dienone is 2. The molecule has 0 spiro atoms. The number of carbonyl (C=O) groups excluding carboxylic acids is 1. The zero-order chi connectivity index (χ0) is 8.27. The van der Waals surface area contributed by atoms with Crippen LogP contribution in [-0.2, 0) is 4.79 Å². The van der Waals surface area contributed by atoms with Crippen LogP contribution in [0.1, 0.15) is 39.5 Å². The average molecular weight is 152 g/mol. The molecule has 1 aliphatic carbocycles. The van der Waals surface area contributed by atoms with Gasteiger partial charge in [-0.1, -0.05) is 25.5 Å². The van der Waals surface area contributed by atoms with Gasteiger partial charge in [0.05, 0.1) is 0 Å². The van der Waals surface area contributed by atoms with Crippen molar-refractivity contribution in [2.24, 2.45) is 5.92 Å². The number of rotatable bonds is 1. The molecule has 0 heterocycles. The number of Topliss-reactive ketones (excluding diaryl/α,β-unsaturated/α-hetero) is 1. The highest BCUT2D eigenvalue weighted by Gasteiger charge is 2.10.